The van der Waals surface area contributed by atoms with Gasteiger partial charge in [0.05, 0.1) is 6.61 Å². The highest BCUT2D eigenvalue weighted by molar-refractivity contribution is 5.82. The van der Waals surface area contributed by atoms with E-state index >= 15 is 0 Å². The molecule has 1 saturated heterocycles. The van der Waals surface area contributed by atoms with Gasteiger partial charge in [-0.05, 0) is 57.9 Å². The summed E-state index contributed by atoms with van der Waals surface area (Å²) in [6.07, 6.45) is 1.07. The van der Waals surface area contributed by atoms with Crippen LogP contribution >= 0.6 is 0 Å². The second kappa shape index (κ2) is 13.2. The van der Waals surface area contributed by atoms with Crippen LogP contribution in [0.15, 0.2) is 97.1 Å². The summed E-state index contributed by atoms with van der Waals surface area (Å²) in [4.78, 5) is 27.5. The second-order valence-electron chi connectivity index (χ2n) is 8.97. The summed E-state index contributed by atoms with van der Waals surface area (Å²) in [6.45, 7) is 0.546. The zero-order valence-electron chi connectivity index (χ0n) is 20.9. The van der Waals surface area contributed by atoms with E-state index in [0.717, 1.165) is 18.4 Å². The van der Waals surface area contributed by atoms with Gasteiger partial charge in [-0.3, -0.25) is 4.84 Å². The van der Waals surface area contributed by atoms with Crippen LogP contribution in [0.3, 0.4) is 0 Å². The monoisotopic (exact) mass is 514 g/mol. The average Bonchev–Trinajstić information content (AvgIpc) is 2.97. The number of rotatable bonds is 6. The first kappa shape index (κ1) is 26.6. The molecule has 8 heteroatoms. The molecule has 5 rings (SSSR count). The molecule has 0 aromatic heterocycles. The van der Waals surface area contributed by atoms with Gasteiger partial charge in [0.2, 0.25) is 6.79 Å². The van der Waals surface area contributed by atoms with E-state index < -0.39 is 18.0 Å². The highest BCUT2D eigenvalue weighted by Gasteiger charge is 2.25. The maximum Gasteiger partial charge on any atom is 0.411 e. The fraction of sp³-hybridized carbons (Fsp3) is 0.233. The molecule has 1 amide bonds. The zero-order valence-corrected chi connectivity index (χ0v) is 20.9. The molecule has 1 heterocycles. The third-order valence-electron chi connectivity index (χ3n) is 6.56. The lowest BCUT2D eigenvalue weighted by Crippen LogP contribution is -2.38. The molecule has 1 fully saturated rings. The van der Waals surface area contributed by atoms with Gasteiger partial charge in [-0.2, -0.15) is 0 Å². The number of carbonyl (C=O) groups is 1. The molecule has 4 aromatic rings. The number of likely N-dealkylation sites (tertiary alicyclic amines) is 1. The van der Waals surface area contributed by atoms with Gasteiger partial charge in [0, 0.05) is 13.1 Å². The number of fused-ring (bicyclic) bond motifs is 1. The van der Waals surface area contributed by atoms with Gasteiger partial charge in [0.1, 0.15) is 0 Å². The number of hydrogen-bond acceptors (Lipinski definition) is 6. The van der Waals surface area contributed by atoms with Crippen LogP contribution in [0.1, 0.15) is 29.9 Å². The van der Waals surface area contributed by atoms with E-state index in [1.165, 1.54) is 27.5 Å². The Morgan fingerprint density at radius 1 is 0.868 bits per heavy atom. The molecule has 0 spiro atoms. The van der Waals surface area contributed by atoms with Crippen molar-refractivity contribution in [3.63, 3.8) is 0 Å². The summed E-state index contributed by atoms with van der Waals surface area (Å²) >= 11 is 0. The lowest BCUT2D eigenvalue weighted by atomic mass is 9.88. The van der Waals surface area contributed by atoms with E-state index in [9.17, 15) is 14.9 Å². The van der Waals surface area contributed by atoms with Gasteiger partial charge in [0.25, 0.3) is 5.09 Å². The Morgan fingerprint density at radius 3 is 2.26 bits per heavy atom. The quantitative estimate of drug-likeness (QED) is 0.188. The Hall–Kier alpha value is -4.43. The van der Waals surface area contributed by atoms with Crippen molar-refractivity contribution in [2.24, 2.45) is 0 Å². The molecular formula is C30H30N2O6. The number of amides is 1. The van der Waals surface area contributed by atoms with Gasteiger partial charge >= 0.3 is 6.09 Å². The Morgan fingerprint density at radius 2 is 1.55 bits per heavy atom. The van der Waals surface area contributed by atoms with Crippen LogP contribution in [0, 0.1) is 10.1 Å². The van der Waals surface area contributed by atoms with Crippen molar-refractivity contribution in [1.82, 2.24) is 4.90 Å². The predicted octanol–water partition coefficient (Wildman–Crippen LogP) is 6.17. The zero-order chi connectivity index (χ0) is 26.7. The Kier molecular flexibility index (Phi) is 9.26. The van der Waals surface area contributed by atoms with Crippen molar-refractivity contribution in [3.8, 4) is 11.1 Å². The summed E-state index contributed by atoms with van der Waals surface area (Å²) in [5.41, 5.74) is 4.59. The summed E-state index contributed by atoms with van der Waals surface area (Å²) < 4.78 is 4.73. The van der Waals surface area contributed by atoms with Crippen molar-refractivity contribution >= 4 is 16.9 Å². The van der Waals surface area contributed by atoms with E-state index in [1.807, 2.05) is 48.5 Å². The standard InChI is InChI=1S/C19H20N2O5.C11H10O/c22-19(25-14-26-21(23)24)20-11-9-16(10-12-20)18-8-4-7-17(13-18)15-5-2-1-3-6-15;12-8-9-5-6-10-3-1-2-4-11(10)7-9/h1-8,13,16H,9-12,14H2;1-7,12H,8H2. The Labute approximate surface area is 221 Å². The van der Waals surface area contributed by atoms with Crippen molar-refractivity contribution < 1.29 is 24.6 Å². The van der Waals surface area contributed by atoms with E-state index in [4.69, 9.17) is 9.84 Å². The molecule has 4 aromatic carbocycles. The third-order valence-corrected chi connectivity index (χ3v) is 6.56. The second-order valence-corrected chi connectivity index (χ2v) is 8.97. The summed E-state index contributed by atoms with van der Waals surface area (Å²) in [7, 11) is 0. The average molecular weight is 515 g/mol. The normalized spacial score (nSPS) is 13.3. The number of piperidine rings is 1. The van der Waals surface area contributed by atoms with E-state index in [0.29, 0.717) is 19.0 Å². The van der Waals surface area contributed by atoms with Gasteiger partial charge in [-0.1, -0.05) is 91.0 Å². The van der Waals surface area contributed by atoms with Crippen molar-refractivity contribution in [2.75, 3.05) is 19.9 Å². The number of aliphatic hydroxyl groups excluding tert-OH is 1. The van der Waals surface area contributed by atoms with Crippen LogP contribution in [0.5, 0.6) is 0 Å². The minimum Gasteiger partial charge on any atom is -0.422 e. The molecule has 8 nitrogen and oxygen atoms in total. The third kappa shape index (κ3) is 7.30. The summed E-state index contributed by atoms with van der Waals surface area (Å²) in [5, 5.41) is 20.4. The first-order valence-electron chi connectivity index (χ1n) is 12.5. The van der Waals surface area contributed by atoms with E-state index in [2.05, 4.69) is 53.4 Å². The van der Waals surface area contributed by atoms with Crippen molar-refractivity contribution in [2.45, 2.75) is 25.4 Å². The van der Waals surface area contributed by atoms with E-state index in [-0.39, 0.29) is 6.61 Å². The number of nitrogens with zero attached hydrogens (tertiary/aromatic N) is 2. The molecule has 0 radical (unpaired) electrons. The Bertz CT molecular complexity index is 1350. The number of aliphatic hydroxyl groups is 1. The molecule has 1 aliphatic rings. The summed E-state index contributed by atoms with van der Waals surface area (Å²) in [5.74, 6) is 0.373. The molecule has 0 unspecified atom stereocenters. The van der Waals surface area contributed by atoms with Crippen LogP contribution in [0.25, 0.3) is 21.9 Å². The maximum absolute atomic E-state index is 11.9. The van der Waals surface area contributed by atoms with Gasteiger partial charge in [-0.15, -0.1) is 10.1 Å². The van der Waals surface area contributed by atoms with Crippen LogP contribution in [-0.2, 0) is 16.2 Å². The van der Waals surface area contributed by atoms with Crippen LogP contribution in [0.4, 0.5) is 4.79 Å². The fourth-order valence-corrected chi connectivity index (χ4v) is 4.55. The first-order valence-corrected chi connectivity index (χ1v) is 12.5. The van der Waals surface area contributed by atoms with Crippen molar-refractivity contribution in [3.05, 3.63) is 118 Å². The highest BCUT2D eigenvalue weighted by Crippen LogP contribution is 2.31. The molecule has 1 aliphatic heterocycles. The molecular weight excluding hydrogens is 484 g/mol. The molecule has 196 valence electrons. The lowest BCUT2D eigenvalue weighted by molar-refractivity contribution is -0.765. The molecule has 0 bridgehead atoms. The Balaban J connectivity index is 0.000000232. The largest absolute Gasteiger partial charge is 0.422 e. The molecule has 1 N–H and O–H groups in total. The minimum atomic E-state index is -0.987. The van der Waals surface area contributed by atoms with Crippen LogP contribution in [-0.4, -0.2) is 41.1 Å². The number of hydrogen-bond donors (Lipinski definition) is 1. The van der Waals surface area contributed by atoms with Crippen LogP contribution < -0.4 is 0 Å². The number of carbonyl (C=O) groups excluding carboxylic acids is 1. The molecule has 38 heavy (non-hydrogen) atoms. The number of benzene rings is 4. The molecule has 0 atom stereocenters. The lowest BCUT2D eigenvalue weighted by Gasteiger charge is -2.31. The van der Waals surface area contributed by atoms with Gasteiger partial charge < -0.3 is 14.7 Å². The van der Waals surface area contributed by atoms with Gasteiger partial charge in [-0.25, -0.2) is 4.79 Å². The predicted molar refractivity (Wildman–Crippen MR) is 145 cm³/mol. The minimum absolute atomic E-state index is 0.116. The fourth-order valence-electron chi connectivity index (χ4n) is 4.55. The van der Waals surface area contributed by atoms with E-state index in [1.54, 1.807) is 4.90 Å². The van der Waals surface area contributed by atoms with Crippen molar-refractivity contribution in [1.29, 1.82) is 0 Å². The SMILES string of the molecule is O=C(OCO[N+](=O)[O-])N1CCC(c2cccc(-c3ccccc3)c2)CC1.OCc1ccc2ccccc2c1. The van der Waals surface area contributed by atoms with Gasteiger partial charge in [0.15, 0.2) is 0 Å². The first-order chi connectivity index (χ1) is 18.5. The summed E-state index contributed by atoms with van der Waals surface area (Å²) in [6, 6.07) is 32.8. The number of ether oxygens (including phenoxy) is 1. The maximum atomic E-state index is 11.9. The molecule has 0 aliphatic carbocycles. The van der Waals surface area contributed by atoms with Crippen LogP contribution in [0.2, 0.25) is 0 Å². The smallest absolute Gasteiger partial charge is 0.411 e. The topological polar surface area (TPSA) is 102 Å². The highest BCUT2D eigenvalue weighted by atomic mass is 17.0. The molecule has 0 saturated carbocycles.